The Hall–Kier alpha value is -2.71. The second kappa shape index (κ2) is 8.75. The lowest BCUT2D eigenvalue weighted by Crippen LogP contribution is -2.46. The molecule has 0 bridgehead atoms. The quantitative estimate of drug-likeness (QED) is 0.564. The lowest BCUT2D eigenvalue weighted by atomic mass is 10.2. The first-order valence-corrected chi connectivity index (χ1v) is 10.1. The number of para-hydroxylation sites is 1. The molecule has 0 saturated carbocycles. The maximum atomic E-state index is 13.1. The molecule has 4 rings (SSSR count). The van der Waals surface area contributed by atoms with Gasteiger partial charge in [0, 0.05) is 31.9 Å². The summed E-state index contributed by atoms with van der Waals surface area (Å²) in [5.41, 5.74) is 1.83. The highest BCUT2D eigenvalue weighted by Gasteiger charge is 2.20. The van der Waals surface area contributed by atoms with E-state index < -0.39 is 0 Å². The van der Waals surface area contributed by atoms with Gasteiger partial charge in [0.05, 0.1) is 18.8 Å². The number of piperazine rings is 1. The van der Waals surface area contributed by atoms with Crippen LogP contribution < -0.4 is 9.64 Å². The lowest BCUT2D eigenvalue weighted by molar-refractivity contribution is 0.192. The van der Waals surface area contributed by atoms with E-state index in [4.69, 9.17) is 21.4 Å². The van der Waals surface area contributed by atoms with Crippen molar-refractivity contribution in [1.82, 2.24) is 14.7 Å². The van der Waals surface area contributed by atoms with Crippen molar-refractivity contribution >= 4 is 17.9 Å². The van der Waals surface area contributed by atoms with Crippen LogP contribution in [0.2, 0.25) is 0 Å². The van der Waals surface area contributed by atoms with Gasteiger partial charge in [0.15, 0.2) is 0 Å². The molecule has 2 aromatic carbocycles. The zero-order chi connectivity index (χ0) is 20.2. The number of nitrogens with zero attached hydrogens (tertiary/aromatic N) is 4. The van der Waals surface area contributed by atoms with E-state index in [1.807, 2.05) is 43.3 Å². The monoisotopic (exact) mass is 414 g/mol. The van der Waals surface area contributed by atoms with Crippen molar-refractivity contribution in [3.63, 3.8) is 0 Å². The number of rotatable bonds is 6. The third-order valence-electron chi connectivity index (χ3n) is 4.92. The normalized spacial score (nSPS) is 14.9. The third kappa shape index (κ3) is 4.49. The zero-order valence-corrected chi connectivity index (χ0v) is 17.1. The van der Waals surface area contributed by atoms with Gasteiger partial charge >= 0.3 is 0 Å². The van der Waals surface area contributed by atoms with E-state index in [1.165, 1.54) is 12.1 Å². The Labute approximate surface area is 174 Å². The van der Waals surface area contributed by atoms with Crippen LogP contribution in [0.1, 0.15) is 6.92 Å². The van der Waals surface area contributed by atoms with E-state index in [0.29, 0.717) is 24.0 Å². The average Bonchev–Trinajstić information content (AvgIpc) is 3.10. The molecule has 3 aromatic rings. The van der Waals surface area contributed by atoms with Gasteiger partial charge in [0.2, 0.25) is 0 Å². The zero-order valence-electron chi connectivity index (χ0n) is 16.3. The van der Waals surface area contributed by atoms with Gasteiger partial charge in [0.25, 0.3) is 10.7 Å². The van der Waals surface area contributed by atoms with Crippen molar-refractivity contribution in [3.05, 3.63) is 59.2 Å². The fraction of sp³-hybridized carbons (Fsp3) is 0.333. The number of benzene rings is 2. The summed E-state index contributed by atoms with van der Waals surface area (Å²) in [6.45, 7) is 6.51. The van der Waals surface area contributed by atoms with Crippen LogP contribution >= 0.6 is 12.2 Å². The number of ether oxygens (including phenoxy) is 1. The van der Waals surface area contributed by atoms with E-state index in [2.05, 4.69) is 14.9 Å². The number of hydrogen-bond acceptors (Lipinski definition) is 6. The highest BCUT2D eigenvalue weighted by atomic mass is 32.1. The highest BCUT2D eigenvalue weighted by Crippen LogP contribution is 2.29. The van der Waals surface area contributed by atoms with Crippen molar-refractivity contribution in [2.45, 2.75) is 13.6 Å². The Bertz CT molecular complexity index is 1010. The van der Waals surface area contributed by atoms with Gasteiger partial charge in [-0.3, -0.25) is 4.90 Å². The molecular weight excluding hydrogens is 391 g/mol. The van der Waals surface area contributed by atoms with Crippen molar-refractivity contribution in [3.8, 4) is 17.2 Å². The van der Waals surface area contributed by atoms with E-state index in [9.17, 15) is 4.39 Å². The minimum Gasteiger partial charge on any atom is -0.493 e. The van der Waals surface area contributed by atoms with E-state index in [1.54, 1.807) is 4.68 Å². The molecular formula is C21H23FN4O2S. The second-order valence-electron chi connectivity index (χ2n) is 6.82. The second-order valence-corrected chi connectivity index (χ2v) is 7.17. The molecule has 0 unspecified atom stereocenters. The number of aromatic nitrogens is 2. The molecule has 1 aliphatic rings. The van der Waals surface area contributed by atoms with Crippen molar-refractivity contribution in [2.75, 3.05) is 37.7 Å². The maximum absolute atomic E-state index is 13.1. The van der Waals surface area contributed by atoms with Gasteiger partial charge in [-0.05, 0) is 55.5 Å². The Balaban J connectivity index is 1.42. The molecule has 6 nitrogen and oxygen atoms in total. The molecule has 1 aliphatic heterocycles. The minimum atomic E-state index is -0.213. The summed E-state index contributed by atoms with van der Waals surface area (Å²) in [4.78, 5) is 4.87. The Morgan fingerprint density at radius 2 is 1.79 bits per heavy atom. The smallest absolute Gasteiger partial charge is 0.288 e. The van der Waals surface area contributed by atoms with Crippen LogP contribution in [0.5, 0.6) is 5.75 Å². The number of anilines is 1. The molecule has 1 aromatic heterocycles. The van der Waals surface area contributed by atoms with E-state index >= 15 is 0 Å². The maximum Gasteiger partial charge on any atom is 0.288 e. The first kappa shape index (κ1) is 19.6. The molecule has 0 aliphatic carbocycles. The molecule has 1 saturated heterocycles. The van der Waals surface area contributed by atoms with Crippen molar-refractivity contribution in [1.29, 1.82) is 0 Å². The summed E-state index contributed by atoms with van der Waals surface area (Å²) in [6, 6.07) is 14.3. The Morgan fingerprint density at radius 1 is 1.07 bits per heavy atom. The van der Waals surface area contributed by atoms with Crippen LogP contribution in [0.25, 0.3) is 11.5 Å². The molecule has 29 heavy (non-hydrogen) atoms. The standard InChI is InChI=1S/C21H23FN4O2S/c1-2-27-19-6-4-3-5-18(19)20-23-26(21(29)28-20)15-24-11-13-25(14-12-24)17-9-7-16(22)8-10-17/h3-10H,2,11-15H2,1H3. The van der Waals surface area contributed by atoms with E-state index in [-0.39, 0.29) is 5.82 Å². The topological polar surface area (TPSA) is 46.7 Å². The predicted octanol–water partition coefficient (Wildman–Crippen LogP) is 4.19. The third-order valence-corrected chi connectivity index (χ3v) is 5.22. The average molecular weight is 415 g/mol. The molecule has 8 heteroatoms. The summed E-state index contributed by atoms with van der Waals surface area (Å²) in [5.74, 6) is 0.977. The molecule has 2 heterocycles. The van der Waals surface area contributed by atoms with E-state index in [0.717, 1.165) is 43.2 Å². The molecule has 0 amide bonds. The summed E-state index contributed by atoms with van der Waals surface area (Å²) in [5, 5.41) is 4.57. The summed E-state index contributed by atoms with van der Waals surface area (Å²) < 4.78 is 26.2. The van der Waals surface area contributed by atoms with Crippen LogP contribution in [-0.4, -0.2) is 47.5 Å². The molecule has 0 radical (unpaired) electrons. The van der Waals surface area contributed by atoms with Gasteiger partial charge in [0.1, 0.15) is 11.6 Å². The molecule has 1 fully saturated rings. The minimum absolute atomic E-state index is 0.213. The van der Waals surface area contributed by atoms with Crippen LogP contribution in [0.3, 0.4) is 0 Å². The SMILES string of the molecule is CCOc1ccccc1-c1nn(CN2CCN(c3ccc(F)cc3)CC2)c(=S)o1. The van der Waals surface area contributed by atoms with Crippen LogP contribution in [0.4, 0.5) is 10.1 Å². The summed E-state index contributed by atoms with van der Waals surface area (Å²) in [7, 11) is 0. The lowest BCUT2D eigenvalue weighted by Gasteiger charge is -2.35. The Morgan fingerprint density at radius 3 is 2.52 bits per heavy atom. The summed E-state index contributed by atoms with van der Waals surface area (Å²) in [6.07, 6.45) is 0. The molecule has 0 N–H and O–H groups in total. The largest absolute Gasteiger partial charge is 0.493 e. The molecule has 0 atom stereocenters. The fourth-order valence-corrected chi connectivity index (χ4v) is 3.60. The van der Waals surface area contributed by atoms with Gasteiger partial charge in [-0.2, -0.15) is 0 Å². The van der Waals surface area contributed by atoms with Crippen molar-refractivity contribution in [2.24, 2.45) is 0 Å². The molecule has 0 spiro atoms. The highest BCUT2D eigenvalue weighted by molar-refractivity contribution is 7.71. The van der Waals surface area contributed by atoms with Crippen LogP contribution in [-0.2, 0) is 6.67 Å². The van der Waals surface area contributed by atoms with Crippen LogP contribution in [0.15, 0.2) is 52.9 Å². The van der Waals surface area contributed by atoms with Gasteiger partial charge in [-0.1, -0.05) is 12.1 Å². The van der Waals surface area contributed by atoms with Gasteiger partial charge in [-0.15, -0.1) is 5.10 Å². The first-order chi connectivity index (χ1) is 14.1. The van der Waals surface area contributed by atoms with Crippen LogP contribution in [0, 0.1) is 10.7 Å². The summed E-state index contributed by atoms with van der Waals surface area (Å²) >= 11 is 5.38. The molecule has 152 valence electrons. The van der Waals surface area contributed by atoms with Gasteiger partial charge < -0.3 is 14.1 Å². The Kier molecular flexibility index (Phi) is 5.92. The predicted molar refractivity (Wildman–Crippen MR) is 112 cm³/mol. The number of hydrogen-bond donors (Lipinski definition) is 0. The van der Waals surface area contributed by atoms with Crippen molar-refractivity contribution < 1.29 is 13.5 Å². The number of halogens is 1. The van der Waals surface area contributed by atoms with Gasteiger partial charge in [-0.25, -0.2) is 9.07 Å². The first-order valence-electron chi connectivity index (χ1n) is 9.67. The fourth-order valence-electron chi connectivity index (χ4n) is 3.42.